The van der Waals surface area contributed by atoms with E-state index >= 15 is 0 Å². The fourth-order valence-corrected chi connectivity index (χ4v) is 0.892. The van der Waals surface area contributed by atoms with Crippen LogP contribution in [0.1, 0.15) is 6.92 Å². The lowest BCUT2D eigenvalue weighted by Gasteiger charge is -2.11. The zero-order valence-corrected chi connectivity index (χ0v) is 7.36. The van der Waals surface area contributed by atoms with Gasteiger partial charge >= 0.3 is 0 Å². The van der Waals surface area contributed by atoms with Gasteiger partial charge in [0.2, 0.25) is 5.88 Å². The standard InChI is InChI=1S/C9H13NO2/c1-8(7-11-2)12-9-5-3-4-6-10-9/h3-6,8H,7H2,1-2H3/t8-/m0/s1. The molecule has 1 heterocycles. The lowest BCUT2D eigenvalue weighted by molar-refractivity contribution is 0.0890. The van der Waals surface area contributed by atoms with Crippen LogP contribution in [0.15, 0.2) is 24.4 Å². The van der Waals surface area contributed by atoms with Crippen LogP contribution >= 0.6 is 0 Å². The molecule has 0 fully saturated rings. The molecule has 0 N–H and O–H groups in total. The normalized spacial score (nSPS) is 12.5. The summed E-state index contributed by atoms with van der Waals surface area (Å²) >= 11 is 0. The van der Waals surface area contributed by atoms with Crippen molar-refractivity contribution in [2.75, 3.05) is 13.7 Å². The van der Waals surface area contributed by atoms with Crippen molar-refractivity contribution in [2.24, 2.45) is 0 Å². The Morgan fingerprint density at radius 1 is 1.50 bits per heavy atom. The summed E-state index contributed by atoms with van der Waals surface area (Å²) in [5, 5.41) is 0. The zero-order chi connectivity index (χ0) is 8.81. The maximum Gasteiger partial charge on any atom is 0.213 e. The topological polar surface area (TPSA) is 31.4 Å². The second-order valence-corrected chi connectivity index (χ2v) is 2.55. The predicted octanol–water partition coefficient (Wildman–Crippen LogP) is 1.50. The monoisotopic (exact) mass is 167 g/mol. The third kappa shape index (κ3) is 2.88. The number of ether oxygens (including phenoxy) is 2. The van der Waals surface area contributed by atoms with Crippen LogP contribution in [0.4, 0.5) is 0 Å². The van der Waals surface area contributed by atoms with Crippen molar-refractivity contribution in [3.05, 3.63) is 24.4 Å². The van der Waals surface area contributed by atoms with Crippen molar-refractivity contribution in [1.82, 2.24) is 4.98 Å². The first-order chi connectivity index (χ1) is 5.83. The molecule has 66 valence electrons. The summed E-state index contributed by atoms with van der Waals surface area (Å²) in [6, 6.07) is 5.57. The summed E-state index contributed by atoms with van der Waals surface area (Å²) in [4.78, 5) is 4.02. The lowest BCUT2D eigenvalue weighted by Crippen LogP contribution is -2.18. The van der Waals surface area contributed by atoms with E-state index in [1.54, 1.807) is 13.3 Å². The first-order valence-corrected chi connectivity index (χ1v) is 3.89. The first-order valence-electron chi connectivity index (χ1n) is 3.89. The number of methoxy groups -OCH3 is 1. The Bertz CT molecular complexity index is 213. The van der Waals surface area contributed by atoms with Gasteiger partial charge in [0.1, 0.15) is 6.10 Å². The molecule has 0 saturated heterocycles. The van der Waals surface area contributed by atoms with E-state index in [-0.39, 0.29) is 6.10 Å². The van der Waals surface area contributed by atoms with Gasteiger partial charge in [-0.1, -0.05) is 6.07 Å². The van der Waals surface area contributed by atoms with E-state index in [2.05, 4.69) is 4.98 Å². The molecule has 0 radical (unpaired) electrons. The summed E-state index contributed by atoms with van der Waals surface area (Å²) in [5.41, 5.74) is 0. The van der Waals surface area contributed by atoms with E-state index in [0.29, 0.717) is 12.5 Å². The highest BCUT2D eigenvalue weighted by atomic mass is 16.5. The van der Waals surface area contributed by atoms with Gasteiger partial charge in [-0.15, -0.1) is 0 Å². The second-order valence-electron chi connectivity index (χ2n) is 2.55. The zero-order valence-electron chi connectivity index (χ0n) is 7.36. The molecule has 12 heavy (non-hydrogen) atoms. The van der Waals surface area contributed by atoms with E-state index in [1.807, 2.05) is 25.1 Å². The Hall–Kier alpha value is -1.09. The van der Waals surface area contributed by atoms with Gasteiger partial charge in [-0.2, -0.15) is 0 Å². The highest BCUT2D eigenvalue weighted by Crippen LogP contribution is 2.05. The number of rotatable bonds is 4. The van der Waals surface area contributed by atoms with E-state index < -0.39 is 0 Å². The molecule has 3 nitrogen and oxygen atoms in total. The highest BCUT2D eigenvalue weighted by Gasteiger charge is 2.02. The van der Waals surface area contributed by atoms with E-state index in [4.69, 9.17) is 9.47 Å². The van der Waals surface area contributed by atoms with Crippen LogP contribution < -0.4 is 4.74 Å². The average Bonchev–Trinajstić information content (AvgIpc) is 2.06. The van der Waals surface area contributed by atoms with Crippen molar-refractivity contribution < 1.29 is 9.47 Å². The summed E-state index contributed by atoms with van der Waals surface area (Å²) in [6.07, 6.45) is 1.75. The van der Waals surface area contributed by atoms with Gasteiger partial charge in [-0.25, -0.2) is 4.98 Å². The van der Waals surface area contributed by atoms with Crippen LogP contribution in [-0.2, 0) is 4.74 Å². The maximum atomic E-state index is 5.42. The summed E-state index contributed by atoms with van der Waals surface area (Å²) < 4.78 is 10.3. The van der Waals surface area contributed by atoms with Crippen LogP contribution in [0.25, 0.3) is 0 Å². The number of nitrogens with zero attached hydrogens (tertiary/aromatic N) is 1. The number of aromatic nitrogens is 1. The molecule has 3 heteroatoms. The van der Waals surface area contributed by atoms with Crippen LogP contribution in [0.2, 0.25) is 0 Å². The molecular weight excluding hydrogens is 154 g/mol. The summed E-state index contributed by atoms with van der Waals surface area (Å²) in [5.74, 6) is 0.641. The fourth-order valence-electron chi connectivity index (χ4n) is 0.892. The quantitative estimate of drug-likeness (QED) is 0.681. The minimum atomic E-state index is 0.0462. The molecule has 0 bridgehead atoms. The minimum absolute atomic E-state index is 0.0462. The Balaban J connectivity index is 2.41. The van der Waals surface area contributed by atoms with Gasteiger partial charge in [0.05, 0.1) is 6.61 Å². The third-order valence-electron chi connectivity index (χ3n) is 1.36. The lowest BCUT2D eigenvalue weighted by atomic mass is 10.4. The Labute approximate surface area is 72.3 Å². The Kier molecular flexibility index (Phi) is 3.54. The van der Waals surface area contributed by atoms with Crippen molar-refractivity contribution in [3.8, 4) is 5.88 Å². The molecule has 0 amide bonds. The van der Waals surface area contributed by atoms with Crippen molar-refractivity contribution >= 4 is 0 Å². The van der Waals surface area contributed by atoms with Crippen molar-refractivity contribution in [2.45, 2.75) is 13.0 Å². The van der Waals surface area contributed by atoms with Crippen LogP contribution in [-0.4, -0.2) is 24.8 Å². The molecule has 1 rings (SSSR count). The smallest absolute Gasteiger partial charge is 0.213 e. The minimum Gasteiger partial charge on any atom is -0.472 e. The van der Waals surface area contributed by atoms with Gasteiger partial charge < -0.3 is 9.47 Å². The second kappa shape index (κ2) is 4.72. The highest BCUT2D eigenvalue weighted by molar-refractivity contribution is 5.09. The predicted molar refractivity (Wildman–Crippen MR) is 46.2 cm³/mol. The molecule has 0 aliphatic rings. The molecule has 0 aliphatic carbocycles. The number of hydrogen-bond donors (Lipinski definition) is 0. The van der Waals surface area contributed by atoms with E-state index in [1.165, 1.54) is 0 Å². The molecule has 0 spiro atoms. The molecule has 0 aliphatic heterocycles. The molecule has 1 aromatic rings. The Morgan fingerprint density at radius 2 is 2.33 bits per heavy atom. The average molecular weight is 167 g/mol. The van der Waals surface area contributed by atoms with Gasteiger partial charge in [-0.05, 0) is 13.0 Å². The molecule has 1 aromatic heterocycles. The van der Waals surface area contributed by atoms with E-state index in [0.717, 1.165) is 0 Å². The largest absolute Gasteiger partial charge is 0.472 e. The molecular formula is C9H13NO2. The number of pyridine rings is 1. The maximum absolute atomic E-state index is 5.42. The van der Waals surface area contributed by atoms with Crippen LogP contribution in [0.3, 0.4) is 0 Å². The molecule has 0 unspecified atom stereocenters. The third-order valence-corrected chi connectivity index (χ3v) is 1.36. The fraction of sp³-hybridized carbons (Fsp3) is 0.444. The molecule has 0 aromatic carbocycles. The van der Waals surface area contributed by atoms with Gasteiger partial charge in [-0.3, -0.25) is 0 Å². The first kappa shape index (κ1) is 9.00. The number of hydrogen-bond acceptors (Lipinski definition) is 3. The van der Waals surface area contributed by atoms with Gasteiger partial charge in [0.25, 0.3) is 0 Å². The van der Waals surface area contributed by atoms with Gasteiger partial charge in [0, 0.05) is 19.4 Å². The van der Waals surface area contributed by atoms with Gasteiger partial charge in [0.15, 0.2) is 0 Å². The summed E-state index contributed by atoms with van der Waals surface area (Å²) in [7, 11) is 1.65. The van der Waals surface area contributed by atoms with E-state index in [9.17, 15) is 0 Å². The van der Waals surface area contributed by atoms with Crippen molar-refractivity contribution in [1.29, 1.82) is 0 Å². The van der Waals surface area contributed by atoms with Crippen LogP contribution in [0.5, 0.6) is 5.88 Å². The molecule has 0 saturated carbocycles. The van der Waals surface area contributed by atoms with Crippen molar-refractivity contribution in [3.63, 3.8) is 0 Å². The Morgan fingerprint density at radius 3 is 2.92 bits per heavy atom. The van der Waals surface area contributed by atoms with Crippen LogP contribution in [0, 0.1) is 0 Å². The SMILES string of the molecule is COC[C@H](C)Oc1ccccn1. The molecule has 1 atom stereocenters. The summed E-state index contributed by atoms with van der Waals surface area (Å²) in [6.45, 7) is 2.52.